The van der Waals surface area contributed by atoms with Crippen LogP contribution in [0.5, 0.6) is 5.75 Å². The van der Waals surface area contributed by atoms with Gasteiger partial charge >= 0.3 is 6.03 Å². The van der Waals surface area contributed by atoms with Gasteiger partial charge in [-0.3, -0.25) is 4.90 Å². The van der Waals surface area contributed by atoms with E-state index in [2.05, 4.69) is 33.9 Å². The predicted octanol–water partition coefficient (Wildman–Crippen LogP) is 5.77. The Bertz CT molecular complexity index is 882. The van der Waals surface area contributed by atoms with Gasteiger partial charge < -0.3 is 10.2 Å². The number of rotatable bonds is 2. The van der Waals surface area contributed by atoms with E-state index >= 15 is 0 Å². The summed E-state index contributed by atoms with van der Waals surface area (Å²) in [7, 11) is -1.94. The molecule has 0 radical (unpaired) electrons. The molecule has 0 atom stereocenters. The molecule has 4 nitrogen and oxygen atoms in total. The third kappa shape index (κ3) is 3.27. The number of carbonyl (C=O) groups is 1. The van der Waals surface area contributed by atoms with Crippen LogP contribution in [0.2, 0.25) is 18.1 Å². The van der Waals surface area contributed by atoms with Crippen LogP contribution in [-0.2, 0) is 0 Å². The van der Waals surface area contributed by atoms with Crippen molar-refractivity contribution >= 4 is 37.9 Å². The average molecular weight is 367 g/mol. The summed E-state index contributed by atoms with van der Waals surface area (Å²) in [4.78, 5) is 13.7. The molecule has 2 aromatic rings. The van der Waals surface area contributed by atoms with Crippen LogP contribution in [0.15, 0.2) is 42.5 Å². The minimum atomic E-state index is -1.94. The zero-order chi connectivity index (χ0) is 19.1. The highest BCUT2D eigenvalue weighted by atomic mass is 28.4. The molecule has 2 N–H and O–H groups in total. The molecule has 0 aromatic heterocycles. The third-order valence-electron chi connectivity index (χ3n) is 5.26. The van der Waals surface area contributed by atoms with Gasteiger partial charge in [-0.15, -0.1) is 0 Å². The van der Waals surface area contributed by atoms with Crippen molar-refractivity contribution in [3.05, 3.63) is 53.6 Å². The molecule has 0 bridgehead atoms. The number of nitrogens with zero attached hydrogens (tertiary/aromatic N) is 1. The van der Waals surface area contributed by atoms with Gasteiger partial charge in [0.15, 0.2) is 0 Å². The molecule has 0 fully saturated rings. The summed E-state index contributed by atoms with van der Waals surface area (Å²) in [6, 6.07) is 13.1. The van der Waals surface area contributed by atoms with Crippen molar-refractivity contribution in [3.63, 3.8) is 0 Å². The number of carbonyl (C=O) groups excluding carboxylic acids is 1. The van der Waals surface area contributed by atoms with Gasteiger partial charge in [0.1, 0.15) is 5.75 Å². The Hall–Kier alpha value is -2.53. The van der Waals surface area contributed by atoms with E-state index in [-0.39, 0.29) is 5.04 Å². The molecule has 2 aromatic carbocycles. The molecule has 0 aliphatic carbocycles. The van der Waals surface area contributed by atoms with Gasteiger partial charge in [0.05, 0.1) is 11.4 Å². The monoisotopic (exact) mass is 366 g/mol. The first-order chi connectivity index (χ1) is 12.1. The Balaban J connectivity index is 2.06. The van der Waals surface area contributed by atoms with E-state index in [1.807, 2.05) is 54.6 Å². The van der Waals surface area contributed by atoms with Crippen LogP contribution in [0.25, 0.3) is 12.2 Å². The fourth-order valence-corrected chi connectivity index (χ4v) is 3.78. The lowest BCUT2D eigenvalue weighted by Crippen LogP contribution is -2.43. The third-order valence-corrected chi connectivity index (χ3v) is 9.62. The number of anilines is 2. The second-order valence-corrected chi connectivity index (χ2v) is 12.9. The Labute approximate surface area is 156 Å². The molecule has 1 aliphatic heterocycles. The van der Waals surface area contributed by atoms with Crippen LogP contribution in [-0.4, -0.2) is 14.3 Å². The number of primary amides is 1. The molecule has 136 valence electrons. The summed E-state index contributed by atoms with van der Waals surface area (Å²) < 4.78 is 6.42. The van der Waals surface area contributed by atoms with E-state index in [1.54, 1.807) is 4.90 Å². The number of para-hydroxylation sites is 1. The smallest absolute Gasteiger partial charge is 0.323 e. The molecule has 1 heterocycles. The molecule has 3 rings (SSSR count). The topological polar surface area (TPSA) is 55.6 Å². The first kappa shape index (κ1) is 18.3. The Kier molecular flexibility index (Phi) is 4.44. The second kappa shape index (κ2) is 6.32. The van der Waals surface area contributed by atoms with Crippen LogP contribution in [0, 0.1) is 0 Å². The summed E-state index contributed by atoms with van der Waals surface area (Å²) in [5.74, 6) is 0.829. The number of fused-ring (bicyclic) bond motifs is 2. The fraction of sp³-hybridized carbons (Fsp3) is 0.286. The molecule has 2 amide bonds. The van der Waals surface area contributed by atoms with Crippen LogP contribution < -0.4 is 15.1 Å². The second-order valence-electron chi connectivity index (χ2n) is 8.15. The fourth-order valence-electron chi connectivity index (χ4n) is 2.76. The van der Waals surface area contributed by atoms with E-state index in [9.17, 15) is 4.79 Å². The quantitative estimate of drug-likeness (QED) is 0.686. The zero-order valence-electron chi connectivity index (χ0n) is 16.0. The lowest BCUT2D eigenvalue weighted by atomic mass is 10.1. The number of amides is 2. The maximum atomic E-state index is 12.2. The first-order valence-electron chi connectivity index (χ1n) is 8.80. The first-order valence-corrected chi connectivity index (χ1v) is 11.7. The maximum absolute atomic E-state index is 12.2. The summed E-state index contributed by atoms with van der Waals surface area (Å²) in [6.45, 7) is 11.1. The minimum absolute atomic E-state index is 0.116. The summed E-state index contributed by atoms with van der Waals surface area (Å²) in [5.41, 5.74) is 9.11. The minimum Gasteiger partial charge on any atom is -0.543 e. The van der Waals surface area contributed by atoms with E-state index in [0.717, 1.165) is 28.3 Å². The summed E-state index contributed by atoms with van der Waals surface area (Å²) >= 11 is 0. The molecule has 0 unspecified atom stereocenters. The lowest BCUT2D eigenvalue weighted by molar-refractivity contribution is 0.256. The molecular formula is C21H26N2O2Si. The van der Waals surface area contributed by atoms with Crippen LogP contribution in [0.1, 0.15) is 31.9 Å². The van der Waals surface area contributed by atoms with E-state index in [1.165, 1.54) is 0 Å². The van der Waals surface area contributed by atoms with Crippen molar-refractivity contribution in [2.24, 2.45) is 5.73 Å². The molecular weight excluding hydrogens is 340 g/mol. The number of nitrogens with two attached hydrogens (primary N) is 1. The Morgan fingerprint density at radius 3 is 2.27 bits per heavy atom. The number of urea groups is 1. The predicted molar refractivity (Wildman–Crippen MR) is 111 cm³/mol. The van der Waals surface area contributed by atoms with Crippen LogP contribution >= 0.6 is 0 Å². The van der Waals surface area contributed by atoms with Crippen molar-refractivity contribution in [2.75, 3.05) is 4.90 Å². The van der Waals surface area contributed by atoms with Crippen LogP contribution in [0.3, 0.4) is 0 Å². The normalized spacial score (nSPS) is 13.7. The lowest BCUT2D eigenvalue weighted by Gasteiger charge is -2.36. The van der Waals surface area contributed by atoms with Crippen molar-refractivity contribution < 1.29 is 9.22 Å². The van der Waals surface area contributed by atoms with E-state index in [0.29, 0.717) is 0 Å². The van der Waals surface area contributed by atoms with Crippen molar-refractivity contribution in [1.82, 2.24) is 0 Å². The van der Waals surface area contributed by atoms with Gasteiger partial charge in [-0.05, 0) is 48.0 Å². The summed E-state index contributed by atoms with van der Waals surface area (Å²) in [6.07, 6.45) is 4.02. The molecule has 0 saturated carbocycles. The molecule has 26 heavy (non-hydrogen) atoms. The largest absolute Gasteiger partial charge is 0.543 e. The number of benzene rings is 2. The van der Waals surface area contributed by atoms with E-state index < -0.39 is 14.3 Å². The molecule has 1 aliphatic rings. The highest BCUT2D eigenvalue weighted by molar-refractivity contribution is 6.74. The SMILES string of the molecule is CC(C)(C)[Si](C)(C)Oc1ccc2c(c1)C=Cc1ccccc1N2C(N)=O. The van der Waals surface area contributed by atoms with Crippen LogP contribution in [0.4, 0.5) is 16.2 Å². The van der Waals surface area contributed by atoms with Gasteiger partial charge in [-0.1, -0.05) is 51.1 Å². The van der Waals surface area contributed by atoms with Gasteiger partial charge in [0, 0.05) is 5.56 Å². The Morgan fingerprint density at radius 1 is 1.00 bits per heavy atom. The van der Waals surface area contributed by atoms with Crippen molar-refractivity contribution in [1.29, 1.82) is 0 Å². The highest BCUT2D eigenvalue weighted by Crippen LogP contribution is 2.40. The highest BCUT2D eigenvalue weighted by Gasteiger charge is 2.39. The zero-order valence-corrected chi connectivity index (χ0v) is 17.0. The molecule has 5 heteroatoms. The van der Waals surface area contributed by atoms with Crippen molar-refractivity contribution in [3.8, 4) is 5.75 Å². The maximum Gasteiger partial charge on any atom is 0.323 e. The van der Waals surface area contributed by atoms with Gasteiger partial charge in [0.25, 0.3) is 0 Å². The Morgan fingerprint density at radius 2 is 1.62 bits per heavy atom. The van der Waals surface area contributed by atoms with E-state index in [4.69, 9.17) is 10.2 Å². The number of hydrogen-bond acceptors (Lipinski definition) is 2. The summed E-state index contributed by atoms with van der Waals surface area (Å²) in [5, 5.41) is 0.116. The van der Waals surface area contributed by atoms with Gasteiger partial charge in [-0.25, -0.2) is 4.79 Å². The van der Waals surface area contributed by atoms with Gasteiger partial charge in [0.2, 0.25) is 8.32 Å². The molecule has 0 spiro atoms. The van der Waals surface area contributed by atoms with Crippen molar-refractivity contribution in [2.45, 2.75) is 38.9 Å². The number of hydrogen-bond donors (Lipinski definition) is 1. The molecule has 0 saturated heterocycles. The average Bonchev–Trinajstić information content (AvgIpc) is 2.70. The van der Waals surface area contributed by atoms with Gasteiger partial charge in [-0.2, -0.15) is 0 Å². The standard InChI is InChI=1S/C21H26N2O2Si/c1-21(2,3)26(4,5)25-17-12-13-19-16(14-17)11-10-15-8-6-7-9-18(15)23(19)20(22)24/h6-14H,1-5H3,(H2,22,24).